The second-order valence-corrected chi connectivity index (χ2v) is 5.85. The third-order valence-electron chi connectivity index (χ3n) is 3.86. The quantitative estimate of drug-likeness (QED) is 0.735. The van der Waals surface area contributed by atoms with Gasteiger partial charge in [-0.15, -0.1) is 0 Å². The number of aromatic nitrogens is 2. The van der Waals surface area contributed by atoms with E-state index >= 15 is 0 Å². The number of likely N-dealkylation sites (N-methyl/N-ethyl adjacent to an activating group) is 1. The minimum atomic E-state index is 0.0220. The van der Waals surface area contributed by atoms with Crippen LogP contribution in [0.5, 0.6) is 5.75 Å². The van der Waals surface area contributed by atoms with Crippen molar-refractivity contribution in [3.05, 3.63) is 59.4 Å². The van der Waals surface area contributed by atoms with E-state index in [0.717, 1.165) is 22.4 Å². The molecule has 0 saturated heterocycles. The van der Waals surface area contributed by atoms with Crippen LogP contribution in [-0.4, -0.2) is 34.2 Å². The number of amides is 1. The minimum Gasteiger partial charge on any atom is -0.496 e. The zero-order valence-corrected chi connectivity index (χ0v) is 14.8. The van der Waals surface area contributed by atoms with E-state index in [9.17, 15) is 4.79 Å². The summed E-state index contributed by atoms with van der Waals surface area (Å²) in [4.78, 5) is 14.3. The molecule has 0 fully saturated rings. The number of hydrogen-bond donors (Lipinski definition) is 0. The predicted octanol–water partition coefficient (Wildman–Crippen LogP) is 2.97. The van der Waals surface area contributed by atoms with Crippen LogP contribution < -0.4 is 4.74 Å². The molecule has 0 saturated carbocycles. The van der Waals surface area contributed by atoms with Crippen LogP contribution in [0.2, 0.25) is 0 Å². The summed E-state index contributed by atoms with van der Waals surface area (Å²) in [5, 5.41) is 4.15. The molecule has 0 aliphatic rings. The van der Waals surface area contributed by atoms with Crippen LogP contribution in [0.4, 0.5) is 0 Å². The standard InChI is InChI=1S/C19H25N3O2/c1-5-22(14-16-12-20-21(3)13-16)19(23)11-15(2)10-17-8-6-7-9-18(17)24-4/h6-9,11-13H,5,10,14H2,1-4H3. The van der Waals surface area contributed by atoms with Gasteiger partial charge in [-0.25, -0.2) is 0 Å². The lowest BCUT2D eigenvalue weighted by Gasteiger charge is -2.19. The lowest BCUT2D eigenvalue weighted by molar-refractivity contribution is -0.126. The molecule has 0 atom stereocenters. The first-order valence-electron chi connectivity index (χ1n) is 8.09. The SMILES string of the molecule is CCN(Cc1cnn(C)c1)C(=O)C=C(C)Cc1ccccc1OC. The number of carbonyl (C=O) groups is 1. The molecule has 128 valence electrons. The number of allylic oxidation sites excluding steroid dienone is 1. The van der Waals surface area contributed by atoms with Gasteiger partial charge in [-0.2, -0.15) is 5.10 Å². The topological polar surface area (TPSA) is 47.4 Å². The van der Waals surface area contributed by atoms with Crippen molar-refractivity contribution in [1.29, 1.82) is 0 Å². The Kier molecular flexibility index (Phi) is 6.18. The highest BCUT2D eigenvalue weighted by Crippen LogP contribution is 2.20. The van der Waals surface area contributed by atoms with E-state index in [1.807, 2.05) is 56.3 Å². The highest BCUT2D eigenvalue weighted by molar-refractivity contribution is 5.88. The fourth-order valence-corrected chi connectivity index (χ4v) is 2.62. The van der Waals surface area contributed by atoms with Gasteiger partial charge in [0, 0.05) is 38.0 Å². The number of rotatable bonds is 7. The Balaban J connectivity index is 2.05. The first-order chi connectivity index (χ1) is 11.5. The van der Waals surface area contributed by atoms with Crippen molar-refractivity contribution in [1.82, 2.24) is 14.7 Å². The largest absolute Gasteiger partial charge is 0.496 e. The lowest BCUT2D eigenvalue weighted by Crippen LogP contribution is -2.28. The van der Waals surface area contributed by atoms with E-state index in [2.05, 4.69) is 5.10 Å². The van der Waals surface area contributed by atoms with Crippen LogP contribution in [0.1, 0.15) is 25.0 Å². The van der Waals surface area contributed by atoms with Crippen LogP contribution >= 0.6 is 0 Å². The molecule has 0 unspecified atom stereocenters. The molecule has 5 nitrogen and oxygen atoms in total. The van der Waals surface area contributed by atoms with Gasteiger partial charge in [0.15, 0.2) is 0 Å². The summed E-state index contributed by atoms with van der Waals surface area (Å²) in [7, 11) is 3.54. The molecular formula is C19H25N3O2. The van der Waals surface area contributed by atoms with Gasteiger partial charge in [-0.05, 0) is 31.9 Å². The number of methoxy groups -OCH3 is 1. The molecule has 2 rings (SSSR count). The molecule has 1 heterocycles. The van der Waals surface area contributed by atoms with E-state index < -0.39 is 0 Å². The van der Waals surface area contributed by atoms with Gasteiger partial charge in [0.2, 0.25) is 5.91 Å². The van der Waals surface area contributed by atoms with Gasteiger partial charge in [0.05, 0.1) is 13.3 Å². The van der Waals surface area contributed by atoms with Crippen molar-refractivity contribution in [3.8, 4) is 5.75 Å². The normalized spacial score (nSPS) is 11.4. The van der Waals surface area contributed by atoms with Crippen LogP contribution in [0.15, 0.2) is 48.3 Å². The Hall–Kier alpha value is -2.56. The van der Waals surface area contributed by atoms with Crippen molar-refractivity contribution < 1.29 is 9.53 Å². The number of carbonyl (C=O) groups excluding carboxylic acids is 1. The van der Waals surface area contributed by atoms with Crippen molar-refractivity contribution >= 4 is 5.91 Å². The van der Waals surface area contributed by atoms with Gasteiger partial charge in [0.1, 0.15) is 5.75 Å². The Morgan fingerprint density at radius 1 is 1.38 bits per heavy atom. The Labute approximate surface area is 143 Å². The molecule has 0 spiro atoms. The third-order valence-corrected chi connectivity index (χ3v) is 3.86. The highest BCUT2D eigenvalue weighted by atomic mass is 16.5. The summed E-state index contributed by atoms with van der Waals surface area (Å²) in [6.45, 7) is 5.19. The van der Waals surface area contributed by atoms with Crippen LogP contribution in [0, 0.1) is 0 Å². The second kappa shape index (κ2) is 8.34. The minimum absolute atomic E-state index is 0.0220. The maximum Gasteiger partial charge on any atom is 0.246 e. The maximum absolute atomic E-state index is 12.5. The van der Waals surface area contributed by atoms with Crippen molar-refractivity contribution in [2.45, 2.75) is 26.8 Å². The molecule has 0 radical (unpaired) electrons. The van der Waals surface area contributed by atoms with Gasteiger partial charge < -0.3 is 9.64 Å². The fraction of sp³-hybridized carbons (Fsp3) is 0.368. The van der Waals surface area contributed by atoms with Crippen molar-refractivity contribution in [2.24, 2.45) is 7.05 Å². The van der Waals surface area contributed by atoms with Gasteiger partial charge in [-0.3, -0.25) is 9.48 Å². The molecule has 1 amide bonds. The van der Waals surface area contributed by atoms with Gasteiger partial charge >= 0.3 is 0 Å². The van der Waals surface area contributed by atoms with Crippen LogP contribution in [0.3, 0.4) is 0 Å². The lowest BCUT2D eigenvalue weighted by atomic mass is 10.0. The Morgan fingerprint density at radius 2 is 2.12 bits per heavy atom. The second-order valence-electron chi connectivity index (χ2n) is 5.85. The van der Waals surface area contributed by atoms with E-state index in [4.69, 9.17) is 4.74 Å². The van der Waals surface area contributed by atoms with Crippen molar-refractivity contribution in [2.75, 3.05) is 13.7 Å². The first-order valence-corrected chi connectivity index (χ1v) is 8.09. The first kappa shape index (κ1) is 17.8. The number of aryl methyl sites for hydroxylation is 1. The predicted molar refractivity (Wildman–Crippen MR) is 94.8 cm³/mol. The van der Waals surface area contributed by atoms with E-state index in [1.165, 1.54) is 0 Å². The number of benzene rings is 1. The molecule has 1 aromatic heterocycles. The summed E-state index contributed by atoms with van der Waals surface area (Å²) in [6.07, 6.45) is 6.13. The monoisotopic (exact) mass is 327 g/mol. The number of nitrogens with zero attached hydrogens (tertiary/aromatic N) is 3. The molecule has 0 aliphatic heterocycles. The Morgan fingerprint density at radius 3 is 2.75 bits per heavy atom. The zero-order valence-electron chi connectivity index (χ0n) is 14.8. The van der Waals surface area contributed by atoms with E-state index in [-0.39, 0.29) is 5.91 Å². The van der Waals surface area contributed by atoms with Crippen molar-refractivity contribution in [3.63, 3.8) is 0 Å². The summed E-state index contributed by atoms with van der Waals surface area (Å²) in [5.74, 6) is 0.870. The summed E-state index contributed by atoms with van der Waals surface area (Å²) < 4.78 is 7.12. The molecule has 1 aromatic carbocycles. The van der Waals surface area contributed by atoms with E-state index in [1.54, 1.807) is 24.1 Å². The summed E-state index contributed by atoms with van der Waals surface area (Å²) >= 11 is 0. The molecule has 0 aliphatic carbocycles. The maximum atomic E-state index is 12.5. The number of ether oxygens (including phenoxy) is 1. The molecule has 0 N–H and O–H groups in total. The zero-order chi connectivity index (χ0) is 17.5. The molecule has 0 bridgehead atoms. The average Bonchev–Trinajstić information content (AvgIpc) is 2.98. The van der Waals surface area contributed by atoms with Crippen LogP contribution in [0.25, 0.3) is 0 Å². The van der Waals surface area contributed by atoms with Gasteiger partial charge in [-0.1, -0.05) is 23.8 Å². The van der Waals surface area contributed by atoms with Gasteiger partial charge in [0.25, 0.3) is 0 Å². The molecule has 24 heavy (non-hydrogen) atoms. The molecular weight excluding hydrogens is 302 g/mol. The third kappa shape index (κ3) is 4.72. The number of para-hydroxylation sites is 1. The van der Waals surface area contributed by atoms with E-state index in [0.29, 0.717) is 19.5 Å². The molecule has 2 aromatic rings. The van der Waals surface area contributed by atoms with Crippen LogP contribution in [-0.2, 0) is 24.8 Å². The molecule has 5 heteroatoms. The highest BCUT2D eigenvalue weighted by Gasteiger charge is 2.12. The Bertz CT molecular complexity index is 719. The fourth-order valence-electron chi connectivity index (χ4n) is 2.62. The smallest absolute Gasteiger partial charge is 0.246 e. The summed E-state index contributed by atoms with van der Waals surface area (Å²) in [6, 6.07) is 7.88. The average molecular weight is 327 g/mol. The number of hydrogen-bond acceptors (Lipinski definition) is 3. The summed E-state index contributed by atoms with van der Waals surface area (Å²) in [5.41, 5.74) is 3.12.